The van der Waals surface area contributed by atoms with Gasteiger partial charge in [-0.2, -0.15) is 0 Å². The number of rotatable bonds is 2. The van der Waals surface area contributed by atoms with Gasteiger partial charge in [-0.1, -0.05) is 28.1 Å². The van der Waals surface area contributed by atoms with Crippen LogP contribution in [0.1, 0.15) is 5.56 Å². The molecule has 0 spiro atoms. The first-order chi connectivity index (χ1) is 7.15. The predicted octanol–water partition coefficient (Wildman–Crippen LogP) is 1.63. The van der Waals surface area contributed by atoms with Crippen molar-refractivity contribution in [2.45, 2.75) is 12.5 Å². The molecule has 1 atom stereocenters. The summed E-state index contributed by atoms with van der Waals surface area (Å²) in [7, 11) is 0. The molecule has 5 heteroatoms. The summed E-state index contributed by atoms with van der Waals surface area (Å²) in [6.07, 6.45) is -0.969. The van der Waals surface area contributed by atoms with Crippen LogP contribution in [0.15, 0.2) is 28.7 Å². The number of nitrogens with one attached hydrogen (secondary N) is 1. The Hall–Kier alpha value is -1.36. The van der Waals surface area contributed by atoms with Crippen LogP contribution in [0.25, 0.3) is 0 Å². The van der Waals surface area contributed by atoms with E-state index < -0.39 is 12.2 Å². The third-order valence-electron chi connectivity index (χ3n) is 2.08. The smallest absolute Gasteiger partial charge is 0.414 e. The van der Waals surface area contributed by atoms with E-state index in [9.17, 15) is 9.59 Å². The van der Waals surface area contributed by atoms with E-state index in [1.807, 2.05) is 24.3 Å². The molecule has 0 aliphatic carbocycles. The number of benzene rings is 1. The number of hydrogen-bond donors (Lipinski definition) is 1. The first-order valence-electron chi connectivity index (χ1n) is 4.41. The lowest BCUT2D eigenvalue weighted by atomic mass is 10.1. The number of cyclic esters (lactones) is 1. The number of halogens is 1. The van der Waals surface area contributed by atoms with Gasteiger partial charge in [0.15, 0.2) is 6.10 Å². The number of ether oxygens (including phenoxy) is 1. The van der Waals surface area contributed by atoms with Gasteiger partial charge in [-0.3, -0.25) is 10.1 Å². The molecule has 78 valence electrons. The Kier molecular flexibility index (Phi) is 2.73. The average molecular weight is 270 g/mol. The second-order valence-corrected chi connectivity index (χ2v) is 4.13. The van der Waals surface area contributed by atoms with E-state index in [0.717, 1.165) is 10.0 Å². The second kappa shape index (κ2) is 4.02. The van der Waals surface area contributed by atoms with Crippen molar-refractivity contribution in [3.63, 3.8) is 0 Å². The number of imide groups is 1. The van der Waals surface area contributed by atoms with Crippen LogP contribution in [0.3, 0.4) is 0 Å². The molecule has 1 saturated heterocycles. The maximum atomic E-state index is 11.2. The standard InChI is InChI=1S/C10H8BrNO3/c11-7-3-1-2-6(4-7)5-8-9(13)12-10(14)15-8/h1-4,8H,5H2,(H,12,13,14). The van der Waals surface area contributed by atoms with E-state index >= 15 is 0 Å². The van der Waals surface area contributed by atoms with Crippen molar-refractivity contribution in [2.75, 3.05) is 0 Å². The fourth-order valence-electron chi connectivity index (χ4n) is 1.41. The van der Waals surface area contributed by atoms with Crippen molar-refractivity contribution < 1.29 is 14.3 Å². The SMILES string of the molecule is O=C1NC(=O)C(Cc2cccc(Br)c2)O1. The van der Waals surface area contributed by atoms with Crippen LogP contribution in [-0.2, 0) is 16.0 Å². The molecule has 1 unspecified atom stereocenters. The van der Waals surface area contributed by atoms with Gasteiger partial charge >= 0.3 is 6.09 Å². The van der Waals surface area contributed by atoms with Crippen LogP contribution in [0.2, 0.25) is 0 Å². The number of carbonyl (C=O) groups excluding carboxylic acids is 2. The van der Waals surface area contributed by atoms with Crippen LogP contribution >= 0.6 is 15.9 Å². The maximum Gasteiger partial charge on any atom is 0.414 e. The van der Waals surface area contributed by atoms with E-state index in [1.54, 1.807) is 0 Å². The second-order valence-electron chi connectivity index (χ2n) is 3.22. The number of carbonyl (C=O) groups is 2. The number of hydrogen-bond acceptors (Lipinski definition) is 3. The summed E-state index contributed by atoms with van der Waals surface area (Å²) < 4.78 is 5.74. The van der Waals surface area contributed by atoms with Gasteiger partial charge in [0.1, 0.15) is 0 Å². The van der Waals surface area contributed by atoms with Gasteiger partial charge in [-0.25, -0.2) is 4.79 Å². The minimum absolute atomic E-state index is 0.375. The third-order valence-corrected chi connectivity index (χ3v) is 2.57. The van der Waals surface area contributed by atoms with Gasteiger partial charge in [-0.15, -0.1) is 0 Å². The lowest BCUT2D eigenvalue weighted by molar-refractivity contribution is -0.123. The molecule has 0 radical (unpaired) electrons. The lowest BCUT2D eigenvalue weighted by Crippen LogP contribution is -2.25. The van der Waals surface area contributed by atoms with Crippen molar-refractivity contribution in [3.05, 3.63) is 34.3 Å². The molecule has 0 saturated carbocycles. The summed E-state index contributed by atoms with van der Waals surface area (Å²) in [5, 5.41) is 2.09. The molecule has 15 heavy (non-hydrogen) atoms. The van der Waals surface area contributed by atoms with Crippen LogP contribution in [0, 0.1) is 0 Å². The Bertz CT molecular complexity index is 419. The van der Waals surface area contributed by atoms with Crippen molar-refractivity contribution in [1.29, 1.82) is 0 Å². The zero-order chi connectivity index (χ0) is 10.8. The van der Waals surface area contributed by atoms with E-state index in [2.05, 4.69) is 21.2 Å². The van der Waals surface area contributed by atoms with E-state index in [4.69, 9.17) is 4.74 Å². The fourth-order valence-corrected chi connectivity index (χ4v) is 1.85. The molecule has 0 aromatic heterocycles. The van der Waals surface area contributed by atoms with E-state index in [-0.39, 0.29) is 5.91 Å². The highest BCUT2D eigenvalue weighted by molar-refractivity contribution is 9.10. The van der Waals surface area contributed by atoms with Crippen molar-refractivity contribution in [2.24, 2.45) is 0 Å². The zero-order valence-corrected chi connectivity index (χ0v) is 9.28. The summed E-state index contributed by atoms with van der Waals surface area (Å²) in [4.78, 5) is 22.0. The highest BCUT2D eigenvalue weighted by atomic mass is 79.9. The minimum Gasteiger partial charge on any atom is -0.435 e. The normalized spacial score (nSPS) is 19.9. The first-order valence-corrected chi connectivity index (χ1v) is 5.20. The highest BCUT2D eigenvalue weighted by Gasteiger charge is 2.31. The largest absolute Gasteiger partial charge is 0.435 e. The Morgan fingerprint density at radius 1 is 1.40 bits per heavy atom. The average Bonchev–Trinajstić information content (AvgIpc) is 2.45. The molecule has 1 aromatic rings. The molecule has 1 fully saturated rings. The monoisotopic (exact) mass is 269 g/mol. The third kappa shape index (κ3) is 2.36. The molecule has 2 rings (SSSR count). The summed E-state index contributed by atoms with van der Waals surface area (Å²) in [5.74, 6) is -0.375. The Morgan fingerprint density at radius 3 is 2.80 bits per heavy atom. The van der Waals surface area contributed by atoms with E-state index in [1.165, 1.54) is 0 Å². The van der Waals surface area contributed by atoms with Gasteiger partial charge in [0.25, 0.3) is 5.91 Å². The van der Waals surface area contributed by atoms with E-state index in [0.29, 0.717) is 6.42 Å². The molecule has 0 bridgehead atoms. The molecule has 4 nitrogen and oxygen atoms in total. The van der Waals surface area contributed by atoms with Crippen molar-refractivity contribution >= 4 is 27.9 Å². The van der Waals surface area contributed by atoms with Crippen molar-refractivity contribution in [1.82, 2.24) is 5.32 Å². The van der Waals surface area contributed by atoms with Crippen LogP contribution in [0.4, 0.5) is 4.79 Å². The Balaban J connectivity index is 2.09. The summed E-state index contributed by atoms with van der Waals surface area (Å²) >= 11 is 3.33. The molecule has 1 heterocycles. The molecule has 1 aromatic carbocycles. The maximum absolute atomic E-state index is 11.2. The number of amides is 2. The van der Waals surface area contributed by atoms with Crippen molar-refractivity contribution in [3.8, 4) is 0 Å². The molecule has 1 N–H and O–H groups in total. The highest BCUT2D eigenvalue weighted by Crippen LogP contribution is 2.15. The summed E-state index contributed by atoms with van der Waals surface area (Å²) in [6.45, 7) is 0. The topological polar surface area (TPSA) is 55.4 Å². The van der Waals surface area contributed by atoms with Crippen LogP contribution < -0.4 is 5.32 Å². The summed E-state index contributed by atoms with van der Waals surface area (Å²) in [6, 6.07) is 7.53. The van der Waals surface area contributed by atoms with Gasteiger partial charge in [0.05, 0.1) is 0 Å². The lowest BCUT2D eigenvalue weighted by Gasteiger charge is -2.06. The van der Waals surface area contributed by atoms with Gasteiger partial charge in [0, 0.05) is 10.9 Å². The minimum atomic E-state index is -0.702. The molecular formula is C10H8BrNO3. The predicted molar refractivity (Wildman–Crippen MR) is 56.3 cm³/mol. The molecule has 1 aliphatic heterocycles. The fraction of sp³-hybridized carbons (Fsp3) is 0.200. The van der Waals surface area contributed by atoms with Crippen LogP contribution in [0.5, 0.6) is 0 Å². The Labute approximate surface area is 94.7 Å². The summed E-state index contributed by atoms with van der Waals surface area (Å²) in [5.41, 5.74) is 0.944. The number of alkyl carbamates (subject to hydrolysis) is 1. The van der Waals surface area contributed by atoms with Crippen LogP contribution in [-0.4, -0.2) is 18.1 Å². The van der Waals surface area contributed by atoms with Gasteiger partial charge in [0.2, 0.25) is 0 Å². The molecule has 2 amide bonds. The Morgan fingerprint density at radius 2 is 2.20 bits per heavy atom. The van der Waals surface area contributed by atoms with Gasteiger partial charge < -0.3 is 4.74 Å². The quantitative estimate of drug-likeness (QED) is 0.888. The molecular weight excluding hydrogens is 262 g/mol. The van der Waals surface area contributed by atoms with Gasteiger partial charge in [-0.05, 0) is 17.7 Å². The molecule has 1 aliphatic rings. The first kappa shape index (κ1) is 10.2. The zero-order valence-electron chi connectivity index (χ0n) is 7.70.